The Morgan fingerprint density at radius 2 is 1.86 bits per heavy atom. The number of nitrogens with two attached hydrogens (primary N) is 1. The number of hydrogen-bond acceptors (Lipinski definition) is 7. The normalized spacial score (nSPS) is 11.2. The molecule has 0 radical (unpaired) electrons. The first-order valence-corrected chi connectivity index (χ1v) is 7.72. The molecule has 0 saturated heterocycles. The largest absolute Gasteiger partial charge is 0.497 e. The highest BCUT2D eigenvalue weighted by Gasteiger charge is 2.16. The average Bonchev–Trinajstić information content (AvgIpc) is 2.53. The summed E-state index contributed by atoms with van der Waals surface area (Å²) in [4.78, 5) is 7.27. The fourth-order valence-electron chi connectivity index (χ4n) is 1.72. The summed E-state index contributed by atoms with van der Waals surface area (Å²) >= 11 is 0. The van der Waals surface area contributed by atoms with E-state index in [1.807, 2.05) is 0 Å². The minimum Gasteiger partial charge on any atom is -0.497 e. The molecule has 0 saturated carbocycles. The van der Waals surface area contributed by atoms with E-state index in [2.05, 4.69) is 14.7 Å². The lowest BCUT2D eigenvalue weighted by atomic mass is 10.2. The van der Waals surface area contributed by atoms with Crippen LogP contribution in [0.4, 0.5) is 5.95 Å². The summed E-state index contributed by atoms with van der Waals surface area (Å²) in [5, 5.41) is 0. The highest BCUT2D eigenvalue weighted by molar-refractivity contribution is 7.89. The first-order valence-electron chi connectivity index (χ1n) is 6.24. The van der Waals surface area contributed by atoms with Crippen LogP contribution < -0.4 is 19.9 Å². The van der Waals surface area contributed by atoms with Crippen LogP contribution in [0.5, 0.6) is 11.5 Å². The van der Waals surface area contributed by atoms with Gasteiger partial charge in [-0.3, -0.25) is 0 Å². The van der Waals surface area contributed by atoms with Gasteiger partial charge in [0.25, 0.3) is 0 Å². The van der Waals surface area contributed by atoms with Crippen molar-refractivity contribution < 1.29 is 17.9 Å². The second-order valence-corrected chi connectivity index (χ2v) is 6.05. The van der Waals surface area contributed by atoms with Crippen LogP contribution in [0.3, 0.4) is 0 Å². The molecule has 0 aliphatic rings. The molecule has 0 fully saturated rings. The number of rotatable bonds is 6. The molecule has 8 nitrogen and oxygen atoms in total. The van der Waals surface area contributed by atoms with Crippen LogP contribution in [0.15, 0.2) is 35.5 Å². The molecule has 9 heteroatoms. The van der Waals surface area contributed by atoms with Gasteiger partial charge in [-0.05, 0) is 6.07 Å². The number of nitrogen functional groups attached to an aromatic ring is 1. The lowest BCUT2D eigenvalue weighted by Gasteiger charge is -2.11. The van der Waals surface area contributed by atoms with Gasteiger partial charge in [-0.15, -0.1) is 0 Å². The summed E-state index contributed by atoms with van der Waals surface area (Å²) in [5.41, 5.74) is 6.00. The zero-order chi connectivity index (χ0) is 16.2. The van der Waals surface area contributed by atoms with Crippen molar-refractivity contribution in [1.29, 1.82) is 0 Å². The summed E-state index contributed by atoms with van der Waals surface area (Å²) in [7, 11) is -0.693. The van der Waals surface area contributed by atoms with E-state index < -0.39 is 10.0 Å². The van der Waals surface area contributed by atoms with E-state index in [1.54, 1.807) is 18.2 Å². The SMILES string of the molecule is COc1ccc(CNS(=O)(=O)c2cnc(N)nc2)c(OC)c1. The molecule has 0 aliphatic carbocycles. The Morgan fingerprint density at radius 3 is 2.45 bits per heavy atom. The van der Waals surface area contributed by atoms with Crippen molar-refractivity contribution in [2.45, 2.75) is 11.4 Å². The van der Waals surface area contributed by atoms with Gasteiger partial charge in [0.15, 0.2) is 0 Å². The van der Waals surface area contributed by atoms with E-state index in [0.29, 0.717) is 17.1 Å². The third kappa shape index (κ3) is 3.62. The van der Waals surface area contributed by atoms with Gasteiger partial charge in [-0.25, -0.2) is 23.1 Å². The minimum absolute atomic E-state index is 0.00998. The number of anilines is 1. The van der Waals surface area contributed by atoms with Gasteiger partial charge < -0.3 is 15.2 Å². The first kappa shape index (κ1) is 16.0. The molecule has 0 amide bonds. The molecule has 0 spiro atoms. The Labute approximate surface area is 128 Å². The maximum atomic E-state index is 12.1. The number of benzene rings is 1. The molecule has 118 valence electrons. The van der Waals surface area contributed by atoms with Crippen molar-refractivity contribution in [2.75, 3.05) is 20.0 Å². The van der Waals surface area contributed by atoms with Crippen molar-refractivity contribution in [1.82, 2.24) is 14.7 Å². The van der Waals surface area contributed by atoms with Gasteiger partial charge in [0.2, 0.25) is 16.0 Å². The van der Waals surface area contributed by atoms with Crippen LogP contribution in [0.25, 0.3) is 0 Å². The molecule has 1 aromatic heterocycles. The quantitative estimate of drug-likeness (QED) is 0.797. The number of aromatic nitrogens is 2. The molecule has 0 bridgehead atoms. The Morgan fingerprint density at radius 1 is 1.18 bits per heavy atom. The van der Waals surface area contributed by atoms with Gasteiger partial charge in [-0.2, -0.15) is 0 Å². The van der Waals surface area contributed by atoms with E-state index >= 15 is 0 Å². The minimum atomic E-state index is -3.73. The molecule has 1 heterocycles. The smallest absolute Gasteiger partial charge is 0.243 e. The van der Waals surface area contributed by atoms with E-state index in [-0.39, 0.29) is 17.4 Å². The van der Waals surface area contributed by atoms with E-state index in [4.69, 9.17) is 15.2 Å². The number of hydrogen-bond donors (Lipinski definition) is 2. The summed E-state index contributed by atoms with van der Waals surface area (Å²) < 4.78 is 37.0. The van der Waals surface area contributed by atoms with E-state index in [9.17, 15) is 8.42 Å². The Balaban J connectivity index is 2.17. The number of methoxy groups -OCH3 is 2. The maximum absolute atomic E-state index is 12.1. The summed E-state index contributed by atoms with van der Waals surface area (Å²) in [6, 6.07) is 5.12. The summed E-state index contributed by atoms with van der Waals surface area (Å²) in [5.74, 6) is 1.15. The Hall–Kier alpha value is -2.39. The maximum Gasteiger partial charge on any atom is 0.243 e. The van der Waals surface area contributed by atoms with Crippen molar-refractivity contribution in [2.24, 2.45) is 0 Å². The average molecular weight is 324 g/mol. The van der Waals surface area contributed by atoms with Gasteiger partial charge in [0, 0.05) is 18.2 Å². The molecule has 3 N–H and O–H groups in total. The third-order valence-corrected chi connectivity index (χ3v) is 4.26. The van der Waals surface area contributed by atoms with E-state index in [0.717, 1.165) is 12.4 Å². The fourth-order valence-corrected chi connectivity index (χ4v) is 2.61. The molecule has 0 atom stereocenters. The van der Waals surface area contributed by atoms with Gasteiger partial charge in [-0.1, -0.05) is 6.07 Å². The zero-order valence-corrected chi connectivity index (χ0v) is 12.9. The number of nitrogens with zero attached hydrogens (tertiary/aromatic N) is 2. The predicted molar refractivity (Wildman–Crippen MR) is 80.0 cm³/mol. The van der Waals surface area contributed by atoms with Crippen molar-refractivity contribution in [3.05, 3.63) is 36.2 Å². The monoisotopic (exact) mass is 324 g/mol. The fraction of sp³-hybridized carbons (Fsp3) is 0.231. The van der Waals surface area contributed by atoms with Crippen LogP contribution in [0, 0.1) is 0 Å². The molecular weight excluding hydrogens is 308 g/mol. The van der Waals surface area contributed by atoms with Crippen LogP contribution in [-0.2, 0) is 16.6 Å². The second kappa shape index (κ2) is 6.58. The first-order chi connectivity index (χ1) is 10.5. The van der Waals surface area contributed by atoms with Crippen molar-refractivity contribution >= 4 is 16.0 Å². The predicted octanol–water partition coefficient (Wildman–Crippen LogP) is 0.554. The molecule has 2 aromatic rings. The highest BCUT2D eigenvalue weighted by Crippen LogP contribution is 2.24. The van der Waals surface area contributed by atoms with Crippen LogP contribution in [0.1, 0.15) is 5.56 Å². The number of ether oxygens (including phenoxy) is 2. The lowest BCUT2D eigenvalue weighted by molar-refractivity contribution is 0.390. The summed E-state index contributed by atoms with van der Waals surface area (Å²) in [6.45, 7) is 0.0554. The standard InChI is InChI=1S/C13H16N4O4S/c1-20-10-4-3-9(12(5-10)21-2)6-17-22(18,19)11-7-15-13(14)16-8-11/h3-5,7-8,17H,6H2,1-2H3,(H2,14,15,16). The molecule has 1 aromatic carbocycles. The lowest BCUT2D eigenvalue weighted by Crippen LogP contribution is -2.24. The zero-order valence-electron chi connectivity index (χ0n) is 12.1. The van der Waals surface area contributed by atoms with Crippen molar-refractivity contribution in [3.8, 4) is 11.5 Å². The van der Waals surface area contributed by atoms with Crippen LogP contribution in [-0.4, -0.2) is 32.6 Å². The van der Waals surface area contributed by atoms with Crippen LogP contribution in [0.2, 0.25) is 0 Å². The third-order valence-electron chi connectivity index (χ3n) is 2.91. The second-order valence-electron chi connectivity index (χ2n) is 4.28. The molecule has 0 unspecified atom stereocenters. The topological polar surface area (TPSA) is 116 Å². The molecule has 2 rings (SSSR count). The van der Waals surface area contributed by atoms with E-state index in [1.165, 1.54) is 14.2 Å². The molecule has 0 aliphatic heterocycles. The van der Waals surface area contributed by atoms with Gasteiger partial charge >= 0.3 is 0 Å². The highest BCUT2D eigenvalue weighted by atomic mass is 32.2. The van der Waals surface area contributed by atoms with Crippen LogP contribution >= 0.6 is 0 Å². The summed E-state index contributed by atoms with van der Waals surface area (Å²) in [6.07, 6.45) is 2.30. The Kier molecular flexibility index (Phi) is 4.78. The number of sulfonamides is 1. The van der Waals surface area contributed by atoms with Gasteiger partial charge in [0.1, 0.15) is 16.4 Å². The number of nitrogens with one attached hydrogen (secondary N) is 1. The molecule has 22 heavy (non-hydrogen) atoms. The van der Waals surface area contributed by atoms with Gasteiger partial charge in [0.05, 0.1) is 26.6 Å². The van der Waals surface area contributed by atoms with Crippen molar-refractivity contribution in [3.63, 3.8) is 0 Å². The molecular formula is C13H16N4O4S. The Bertz CT molecular complexity index is 747.